The number of alkyl halides is 2. The molecular weight excluding hydrogens is 352 g/mol. The Labute approximate surface area is 142 Å². The van der Waals surface area contributed by atoms with Crippen molar-refractivity contribution < 1.29 is 17.2 Å². The Morgan fingerprint density at radius 1 is 0.875 bits per heavy atom. The first-order valence-electron chi connectivity index (χ1n) is 7.01. The van der Waals surface area contributed by atoms with E-state index >= 15 is 0 Å². The van der Waals surface area contributed by atoms with Crippen LogP contribution in [0, 0.1) is 0 Å². The van der Waals surface area contributed by atoms with E-state index in [0.29, 0.717) is 27.7 Å². The van der Waals surface area contributed by atoms with Crippen molar-refractivity contribution >= 4 is 38.2 Å². The van der Waals surface area contributed by atoms with Crippen molar-refractivity contribution in [3.63, 3.8) is 0 Å². The van der Waals surface area contributed by atoms with Crippen molar-refractivity contribution in [1.82, 2.24) is 0 Å². The van der Waals surface area contributed by atoms with Gasteiger partial charge in [0.05, 0.1) is 4.90 Å². The number of anilines is 1. The van der Waals surface area contributed by atoms with Crippen molar-refractivity contribution in [1.29, 1.82) is 0 Å². The third-order valence-corrected chi connectivity index (χ3v) is 5.53. The summed E-state index contributed by atoms with van der Waals surface area (Å²) < 4.78 is 52.4. The van der Waals surface area contributed by atoms with Gasteiger partial charge in [-0.05, 0) is 35.7 Å². The van der Waals surface area contributed by atoms with Crippen LogP contribution in [0.15, 0.2) is 76.5 Å². The highest BCUT2D eigenvalue weighted by molar-refractivity contribution is 7.99. The Morgan fingerprint density at radius 3 is 2.25 bits per heavy atom. The molecule has 3 nitrogen and oxygen atoms in total. The zero-order valence-electron chi connectivity index (χ0n) is 12.3. The number of thioether (sulfide) groups is 1. The van der Waals surface area contributed by atoms with Crippen LogP contribution in [0.3, 0.4) is 0 Å². The van der Waals surface area contributed by atoms with Crippen molar-refractivity contribution in [3.8, 4) is 0 Å². The van der Waals surface area contributed by atoms with Gasteiger partial charge in [0.15, 0.2) is 0 Å². The fourth-order valence-corrected chi connectivity index (χ4v) is 4.13. The summed E-state index contributed by atoms with van der Waals surface area (Å²) in [5.74, 6) is -2.51. The van der Waals surface area contributed by atoms with Crippen LogP contribution in [0.2, 0.25) is 0 Å². The summed E-state index contributed by atoms with van der Waals surface area (Å²) in [7, 11) is -3.78. The minimum absolute atomic E-state index is 0.173. The van der Waals surface area contributed by atoms with E-state index in [-0.39, 0.29) is 4.90 Å². The molecule has 0 aromatic heterocycles. The summed E-state index contributed by atoms with van der Waals surface area (Å²) in [5.41, 5.74) is 0.321. The predicted molar refractivity (Wildman–Crippen MR) is 93.1 cm³/mol. The highest BCUT2D eigenvalue weighted by Gasteiger charge is 2.17. The molecule has 3 aromatic carbocycles. The molecule has 3 aromatic rings. The van der Waals surface area contributed by atoms with Crippen LogP contribution >= 0.6 is 11.8 Å². The lowest BCUT2D eigenvalue weighted by Gasteiger charge is -2.11. The van der Waals surface area contributed by atoms with E-state index in [4.69, 9.17) is 0 Å². The van der Waals surface area contributed by atoms with E-state index in [1.807, 2.05) is 18.2 Å². The number of hydrogen-bond donors (Lipinski definition) is 1. The third-order valence-electron chi connectivity index (χ3n) is 3.37. The highest BCUT2D eigenvalue weighted by atomic mass is 32.2. The fraction of sp³-hybridized carbons (Fsp3) is 0.0588. The van der Waals surface area contributed by atoms with Gasteiger partial charge in [-0.15, -0.1) is 0 Å². The Morgan fingerprint density at radius 2 is 1.54 bits per heavy atom. The van der Waals surface area contributed by atoms with E-state index in [9.17, 15) is 17.2 Å². The Bertz CT molecular complexity index is 952. The summed E-state index contributed by atoms with van der Waals surface area (Å²) in [4.78, 5) is 0.546. The van der Waals surface area contributed by atoms with Crippen LogP contribution < -0.4 is 4.72 Å². The molecular formula is C17H13F2NO2S2. The molecule has 0 atom stereocenters. The van der Waals surface area contributed by atoms with E-state index in [1.54, 1.807) is 18.2 Å². The maximum absolute atomic E-state index is 12.6. The zero-order chi connectivity index (χ0) is 17.2. The second kappa shape index (κ2) is 6.78. The summed E-state index contributed by atoms with van der Waals surface area (Å²) in [6.07, 6.45) is 0. The topological polar surface area (TPSA) is 46.2 Å². The number of benzene rings is 3. The van der Waals surface area contributed by atoms with Crippen molar-refractivity contribution in [2.75, 3.05) is 4.72 Å². The summed E-state index contributed by atoms with van der Waals surface area (Å²) >= 11 is 0.413. The van der Waals surface area contributed by atoms with Gasteiger partial charge in [0, 0.05) is 16.0 Å². The molecule has 0 aliphatic carbocycles. The molecule has 0 unspecified atom stereocenters. The third kappa shape index (κ3) is 3.68. The van der Waals surface area contributed by atoms with Crippen LogP contribution in [0.1, 0.15) is 0 Å². The average Bonchev–Trinajstić information content (AvgIpc) is 2.55. The van der Waals surface area contributed by atoms with Crippen molar-refractivity contribution in [2.24, 2.45) is 0 Å². The lowest BCUT2D eigenvalue weighted by Crippen LogP contribution is -2.13. The second-order valence-corrected chi connectivity index (χ2v) is 7.70. The molecule has 7 heteroatoms. The van der Waals surface area contributed by atoms with Crippen molar-refractivity contribution in [2.45, 2.75) is 15.5 Å². The van der Waals surface area contributed by atoms with E-state index in [2.05, 4.69) is 4.72 Å². The van der Waals surface area contributed by atoms with Crippen molar-refractivity contribution in [3.05, 3.63) is 66.7 Å². The normalized spacial score (nSPS) is 11.8. The Balaban J connectivity index is 1.91. The van der Waals surface area contributed by atoms with E-state index in [1.165, 1.54) is 30.3 Å². The molecule has 0 amide bonds. The van der Waals surface area contributed by atoms with Crippen LogP contribution in [-0.2, 0) is 10.0 Å². The molecule has 1 N–H and O–H groups in total. The van der Waals surface area contributed by atoms with E-state index in [0.717, 1.165) is 5.39 Å². The van der Waals surface area contributed by atoms with Gasteiger partial charge in [-0.25, -0.2) is 8.42 Å². The second-order valence-electron chi connectivity index (χ2n) is 4.99. The molecule has 124 valence electrons. The van der Waals surface area contributed by atoms with Crippen LogP contribution in [0.4, 0.5) is 14.5 Å². The van der Waals surface area contributed by atoms with Crippen LogP contribution in [0.5, 0.6) is 0 Å². The maximum Gasteiger partial charge on any atom is 0.288 e. The summed E-state index contributed by atoms with van der Waals surface area (Å²) in [5, 5.41) is 1.45. The molecule has 0 saturated heterocycles. The van der Waals surface area contributed by atoms with Gasteiger partial charge < -0.3 is 0 Å². The highest BCUT2D eigenvalue weighted by Crippen LogP contribution is 2.28. The number of rotatable bonds is 5. The molecule has 0 saturated carbocycles. The molecule has 0 radical (unpaired) electrons. The molecule has 24 heavy (non-hydrogen) atoms. The first-order chi connectivity index (χ1) is 11.5. The van der Waals surface area contributed by atoms with E-state index < -0.39 is 15.8 Å². The quantitative estimate of drug-likeness (QED) is 0.651. The van der Waals surface area contributed by atoms with Gasteiger partial charge in [0.25, 0.3) is 15.8 Å². The molecule has 0 aliphatic rings. The van der Waals surface area contributed by atoms with Crippen LogP contribution in [0.25, 0.3) is 10.8 Å². The van der Waals surface area contributed by atoms with Gasteiger partial charge >= 0.3 is 0 Å². The minimum Gasteiger partial charge on any atom is -0.280 e. The molecule has 0 aliphatic heterocycles. The van der Waals surface area contributed by atoms with Gasteiger partial charge in [-0.3, -0.25) is 4.72 Å². The molecule has 0 fully saturated rings. The molecule has 3 rings (SSSR count). The molecule has 0 heterocycles. The average molecular weight is 365 g/mol. The van der Waals surface area contributed by atoms with Crippen LogP contribution in [-0.4, -0.2) is 14.2 Å². The zero-order valence-corrected chi connectivity index (χ0v) is 14.0. The lowest BCUT2D eigenvalue weighted by atomic mass is 10.1. The smallest absolute Gasteiger partial charge is 0.280 e. The monoisotopic (exact) mass is 365 g/mol. The SMILES string of the molecule is O=S(=O)(Nc1ccc(SC(F)F)cc1)c1cccc2ccccc12. The van der Waals surface area contributed by atoms with Gasteiger partial charge in [-0.1, -0.05) is 48.2 Å². The van der Waals surface area contributed by atoms with Gasteiger partial charge in [0.1, 0.15) is 0 Å². The number of fused-ring (bicyclic) bond motifs is 1. The lowest BCUT2D eigenvalue weighted by molar-refractivity contribution is 0.252. The Kier molecular flexibility index (Phi) is 4.73. The Hall–Kier alpha value is -2.12. The number of hydrogen-bond acceptors (Lipinski definition) is 3. The number of halogens is 2. The first kappa shape index (κ1) is 16.7. The summed E-state index contributed by atoms with van der Waals surface area (Å²) in [6.45, 7) is 0. The summed E-state index contributed by atoms with van der Waals surface area (Å²) in [6, 6.07) is 18.1. The number of nitrogens with one attached hydrogen (secondary N) is 1. The predicted octanol–water partition coefficient (Wildman–Crippen LogP) is 4.96. The number of sulfonamides is 1. The molecule has 0 spiro atoms. The standard InChI is InChI=1S/C17H13F2NO2S2/c18-17(19)23-14-10-8-13(9-11-14)20-24(21,22)16-7-3-5-12-4-1-2-6-15(12)16/h1-11,17,20H. The first-order valence-corrected chi connectivity index (χ1v) is 9.37. The minimum atomic E-state index is -3.78. The van der Waals surface area contributed by atoms with Gasteiger partial charge in [0.2, 0.25) is 0 Å². The molecule has 0 bridgehead atoms. The fourth-order valence-electron chi connectivity index (χ4n) is 2.34. The largest absolute Gasteiger partial charge is 0.288 e. The maximum atomic E-state index is 12.6. The van der Waals surface area contributed by atoms with Gasteiger partial charge in [-0.2, -0.15) is 8.78 Å².